The first-order chi connectivity index (χ1) is 10.1. The van der Waals surface area contributed by atoms with E-state index in [1.807, 2.05) is 30.3 Å². The van der Waals surface area contributed by atoms with Crippen LogP contribution < -0.4 is 5.73 Å². The van der Waals surface area contributed by atoms with Crippen LogP contribution in [0, 0.1) is 0 Å². The first-order valence-electron chi connectivity index (χ1n) is 6.51. The average Bonchev–Trinajstić information content (AvgIpc) is 2.48. The van der Waals surface area contributed by atoms with Crippen molar-refractivity contribution in [1.82, 2.24) is 0 Å². The van der Waals surface area contributed by atoms with E-state index in [0.717, 1.165) is 5.56 Å². The van der Waals surface area contributed by atoms with Crippen LogP contribution in [0.5, 0.6) is 5.75 Å². The van der Waals surface area contributed by atoms with Gasteiger partial charge in [-0.1, -0.05) is 42.5 Å². The Balaban J connectivity index is 2.07. The second-order valence-corrected chi connectivity index (χ2v) is 4.65. The number of benzene rings is 2. The molecule has 0 saturated carbocycles. The Morgan fingerprint density at radius 1 is 1.10 bits per heavy atom. The molecule has 2 aromatic carbocycles. The molecule has 21 heavy (non-hydrogen) atoms. The van der Waals surface area contributed by atoms with Crippen LogP contribution in [-0.4, -0.2) is 22.4 Å². The summed E-state index contributed by atoms with van der Waals surface area (Å²) in [4.78, 5) is 12.1. The highest BCUT2D eigenvalue weighted by molar-refractivity contribution is 5.78. The van der Waals surface area contributed by atoms with Gasteiger partial charge in [0.1, 0.15) is 24.5 Å². The van der Waals surface area contributed by atoms with Crippen molar-refractivity contribution >= 4 is 5.97 Å². The summed E-state index contributed by atoms with van der Waals surface area (Å²) < 4.78 is 5.19. The van der Waals surface area contributed by atoms with Crippen LogP contribution in [0.1, 0.15) is 17.0 Å². The number of nitrogens with two attached hydrogens (primary N) is 1. The van der Waals surface area contributed by atoms with E-state index < -0.39 is 18.1 Å². The minimum absolute atomic E-state index is 0.0710. The van der Waals surface area contributed by atoms with Crippen molar-refractivity contribution in [2.75, 3.05) is 0 Å². The predicted molar refractivity (Wildman–Crippen MR) is 77.3 cm³/mol. The standard InChI is InChI=1S/C16H17NO4/c17-15(19)14(12-6-8-13(18)9-7-12)16(20)21-10-11-4-2-1-3-5-11/h1-9,14-15,18-19H,10,17H2/t14?,15-/m1/s1. The average molecular weight is 287 g/mol. The number of carbonyl (C=O) groups excluding carboxylic acids is 1. The van der Waals surface area contributed by atoms with Crippen LogP contribution in [0.2, 0.25) is 0 Å². The van der Waals surface area contributed by atoms with Crippen molar-refractivity contribution < 1.29 is 19.7 Å². The second kappa shape index (κ2) is 6.88. The monoisotopic (exact) mass is 287 g/mol. The van der Waals surface area contributed by atoms with Gasteiger partial charge in [-0.05, 0) is 23.3 Å². The highest BCUT2D eigenvalue weighted by Crippen LogP contribution is 2.22. The SMILES string of the molecule is N[C@H](O)C(C(=O)OCc1ccccc1)c1ccc(O)cc1. The molecule has 2 aromatic rings. The van der Waals surface area contributed by atoms with Crippen molar-refractivity contribution in [2.24, 2.45) is 5.73 Å². The summed E-state index contributed by atoms with van der Waals surface area (Å²) in [6.45, 7) is 0.112. The lowest BCUT2D eigenvalue weighted by atomic mass is 9.97. The fraction of sp³-hybridized carbons (Fsp3) is 0.188. The Kier molecular flexibility index (Phi) is 4.92. The molecular weight excluding hydrogens is 270 g/mol. The lowest BCUT2D eigenvalue weighted by Gasteiger charge is -2.19. The predicted octanol–water partition coefficient (Wildman–Crippen LogP) is 1.50. The van der Waals surface area contributed by atoms with E-state index in [1.54, 1.807) is 0 Å². The maximum Gasteiger partial charge on any atom is 0.317 e. The number of ether oxygens (including phenoxy) is 1. The number of hydrogen-bond donors (Lipinski definition) is 3. The largest absolute Gasteiger partial charge is 0.508 e. The number of phenolic OH excluding ortho intramolecular Hbond substituents is 1. The number of aliphatic hydroxyl groups is 1. The summed E-state index contributed by atoms with van der Waals surface area (Å²) in [6, 6.07) is 15.1. The quantitative estimate of drug-likeness (QED) is 0.572. The molecule has 0 saturated heterocycles. The van der Waals surface area contributed by atoms with Gasteiger partial charge in [-0.2, -0.15) is 0 Å². The van der Waals surface area contributed by atoms with Crippen molar-refractivity contribution in [3.05, 3.63) is 65.7 Å². The summed E-state index contributed by atoms with van der Waals surface area (Å²) in [5, 5.41) is 18.9. The van der Waals surface area contributed by atoms with Crippen LogP contribution in [0.4, 0.5) is 0 Å². The summed E-state index contributed by atoms with van der Waals surface area (Å²) in [5.41, 5.74) is 6.80. The van der Waals surface area contributed by atoms with E-state index in [4.69, 9.17) is 10.5 Å². The van der Waals surface area contributed by atoms with Gasteiger partial charge < -0.3 is 20.7 Å². The van der Waals surface area contributed by atoms with E-state index in [2.05, 4.69) is 0 Å². The third kappa shape index (κ3) is 4.05. The first kappa shape index (κ1) is 15.0. The molecule has 2 atom stereocenters. The molecule has 0 aromatic heterocycles. The molecular formula is C16H17NO4. The Labute approximate surface area is 122 Å². The molecule has 4 N–H and O–H groups in total. The smallest absolute Gasteiger partial charge is 0.317 e. The van der Waals surface area contributed by atoms with Crippen LogP contribution in [-0.2, 0) is 16.1 Å². The number of phenols is 1. The highest BCUT2D eigenvalue weighted by atomic mass is 16.5. The summed E-state index contributed by atoms with van der Waals surface area (Å²) >= 11 is 0. The maximum atomic E-state index is 12.1. The van der Waals surface area contributed by atoms with Gasteiger partial charge in [0.2, 0.25) is 0 Å². The number of aliphatic hydroxyl groups excluding tert-OH is 1. The van der Waals surface area contributed by atoms with Gasteiger partial charge >= 0.3 is 5.97 Å². The van der Waals surface area contributed by atoms with Crippen LogP contribution in [0.25, 0.3) is 0 Å². The third-order valence-electron chi connectivity index (χ3n) is 3.07. The second-order valence-electron chi connectivity index (χ2n) is 4.65. The summed E-state index contributed by atoms with van der Waals surface area (Å²) in [5.74, 6) is -1.53. The molecule has 5 heteroatoms. The zero-order chi connectivity index (χ0) is 15.2. The van der Waals surface area contributed by atoms with Crippen molar-refractivity contribution in [3.8, 4) is 5.75 Å². The molecule has 2 rings (SSSR count). The molecule has 0 bridgehead atoms. The van der Waals surface area contributed by atoms with E-state index >= 15 is 0 Å². The van der Waals surface area contributed by atoms with Gasteiger partial charge in [0.15, 0.2) is 0 Å². The zero-order valence-corrected chi connectivity index (χ0v) is 11.3. The van der Waals surface area contributed by atoms with Crippen LogP contribution in [0.3, 0.4) is 0 Å². The lowest BCUT2D eigenvalue weighted by Crippen LogP contribution is -2.34. The minimum Gasteiger partial charge on any atom is -0.508 e. The molecule has 0 amide bonds. The maximum absolute atomic E-state index is 12.1. The summed E-state index contributed by atoms with van der Waals surface area (Å²) in [7, 11) is 0. The molecule has 1 unspecified atom stereocenters. The molecule has 0 radical (unpaired) electrons. The molecule has 0 fully saturated rings. The lowest BCUT2D eigenvalue weighted by molar-refractivity contribution is -0.149. The Morgan fingerprint density at radius 3 is 2.29 bits per heavy atom. The van der Waals surface area contributed by atoms with Gasteiger partial charge in [0, 0.05) is 0 Å². The Hall–Kier alpha value is -2.37. The third-order valence-corrected chi connectivity index (χ3v) is 3.07. The number of carbonyl (C=O) groups is 1. The number of aromatic hydroxyl groups is 1. The van der Waals surface area contributed by atoms with Crippen molar-refractivity contribution in [3.63, 3.8) is 0 Å². The van der Waals surface area contributed by atoms with Crippen molar-refractivity contribution in [1.29, 1.82) is 0 Å². The zero-order valence-electron chi connectivity index (χ0n) is 11.3. The van der Waals surface area contributed by atoms with Gasteiger partial charge in [-0.15, -0.1) is 0 Å². The van der Waals surface area contributed by atoms with E-state index in [-0.39, 0.29) is 12.4 Å². The first-order valence-corrected chi connectivity index (χ1v) is 6.51. The van der Waals surface area contributed by atoms with Crippen LogP contribution in [0.15, 0.2) is 54.6 Å². The number of rotatable bonds is 5. The molecule has 0 aliphatic carbocycles. The normalized spacial score (nSPS) is 13.4. The molecule has 0 spiro atoms. The Morgan fingerprint density at radius 2 is 1.71 bits per heavy atom. The molecule has 5 nitrogen and oxygen atoms in total. The minimum atomic E-state index is -1.38. The van der Waals surface area contributed by atoms with E-state index in [1.165, 1.54) is 24.3 Å². The number of hydrogen-bond acceptors (Lipinski definition) is 5. The van der Waals surface area contributed by atoms with Gasteiger partial charge in [-0.25, -0.2) is 0 Å². The topological polar surface area (TPSA) is 92.8 Å². The number of esters is 1. The molecule has 110 valence electrons. The molecule has 0 aliphatic rings. The van der Waals surface area contributed by atoms with E-state index in [9.17, 15) is 15.0 Å². The van der Waals surface area contributed by atoms with Gasteiger partial charge in [0.25, 0.3) is 0 Å². The van der Waals surface area contributed by atoms with Gasteiger partial charge in [-0.3, -0.25) is 4.79 Å². The molecule has 0 heterocycles. The molecule has 0 aliphatic heterocycles. The van der Waals surface area contributed by atoms with Gasteiger partial charge in [0.05, 0.1) is 0 Å². The highest BCUT2D eigenvalue weighted by Gasteiger charge is 2.27. The van der Waals surface area contributed by atoms with Crippen LogP contribution >= 0.6 is 0 Å². The fourth-order valence-corrected chi connectivity index (χ4v) is 1.97. The Bertz CT molecular complexity index is 581. The van der Waals surface area contributed by atoms with E-state index in [0.29, 0.717) is 5.56 Å². The fourth-order valence-electron chi connectivity index (χ4n) is 1.97. The van der Waals surface area contributed by atoms with Crippen molar-refractivity contribution in [2.45, 2.75) is 18.8 Å². The summed E-state index contributed by atoms with van der Waals surface area (Å²) in [6.07, 6.45) is -1.38.